The number of ether oxygens (including phenoxy) is 3. The third kappa shape index (κ3) is 5.78. The first-order valence-electron chi connectivity index (χ1n) is 10.6. The Morgan fingerprint density at radius 2 is 1.58 bits per heavy atom. The summed E-state index contributed by atoms with van der Waals surface area (Å²) in [6.07, 6.45) is 2.49. The highest BCUT2D eigenvalue weighted by molar-refractivity contribution is 6.04. The van der Waals surface area contributed by atoms with E-state index in [9.17, 15) is 4.79 Å². The van der Waals surface area contributed by atoms with Crippen molar-refractivity contribution in [1.82, 2.24) is 9.78 Å². The fourth-order valence-electron chi connectivity index (χ4n) is 3.20. The van der Waals surface area contributed by atoms with Gasteiger partial charge in [-0.25, -0.2) is 4.68 Å². The van der Waals surface area contributed by atoms with Crippen molar-refractivity contribution in [3.8, 4) is 17.2 Å². The zero-order chi connectivity index (χ0) is 22.1. The number of hydrogen-bond acceptors (Lipinski definition) is 5. The first-order valence-corrected chi connectivity index (χ1v) is 10.6. The van der Waals surface area contributed by atoms with Crippen molar-refractivity contribution in [3.05, 3.63) is 65.9 Å². The number of aryl methyl sites for hydroxylation is 2. The van der Waals surface area contributed by atoms with Crippen molar-refractivity contribution in [3.63, 3.8) is 0 Å². The predicted molar refractivity (Wildman–Crippen MR) is 120 cm³/mol. The molecular weight excluding hydrogens is 394 g/mol. The SMILES string of the molecule is CCOc1cc(C(=O)Nc2ccnn2CCc2ccccc2)cc(OCC)c1OCC. The second-order valence-electron chi connectivity index (χ2n) is 6.73. The molecule has 0 saturated heterocycles. The smallest absolute Gasteiger partial charge is 0.257 e. The summed E-state index contributed by atoms with van der Waals surface area (Å²) in [6, 6.07) is 15.3. The molecule has 31 heavy (non-hydrogen) atoms. The van der Waals surface area contributed by atoms with Gasteiger partial charge in [0.15, 0.2) is 11.5 Å². The van der Waals surface area contributed by atoms with Crippen molar-refractivity contribution in [1.29, 1.82) is 0 Å². The number of benzene rings is 2. The van der Waals surface area contributed by atoms with Crippen LogP contribution in [0.5, 0.6) is 17.2 Å². The zero-order valence-corrected chi connectivity index (χ0v) is 18.3. The van der Waals surface area contributed by atoms with Gasteiger partial charge in [-0.05, 0) is 44.9 Å². The molecule has 3 rings (SSSR count). The highest BCUT2D eigenvalue weighted by Crippen LogP contribution is 2.39. The maximum Gasteiger partial charge on any atom is 0.257 e. The number of hydrogen-bond donors (Lipinski definition) is 1. The van der Waals surface area contributed by atoms with Gasteiger partial charge in [-0.2, -0.15) is 5.10 Å². The molecule has 0 aliphatic rings. The molecule has 0 bridgehead atoms. The average molecular weight is 424 g/mol. The third-order valence-electron chi connectivity index (χ3n) is 4.58. The molecule has 0 atom stereocenters. The van der Waals surface area contributed by atoms with E-state index in [1.807, 2.05) is 39.0 Å². The third-order valence-corrected chi connectivity index (χ3v) is 4.58. The number of nitrogens with one attached hydrogen (secondary N) is 1. The monoisotopic (exact) mass is 423 g/mol. The van der Waals surface area contributed by atoms with Crippen molar-refractivity contribution in [2.24, 2.45) is 0 Å². The molecule has 1 amide bonds. The number of carbonyl (C=O) groups is 1. The van der Waals surface area contributed by atoms with Gasteiger partial charge in [-0.3, -0.25) is 4.79 Å². The van der Waals surface area contributed by atoms with E-state index in [0.29, 0.717) is 55.0 Å². The Morgan fingerprint density at radius 1 is 0.935 bits per heavy atom. The minimum atomic E-state index is -0.272. The highest BCUT2D eigenvalue weighted by Gasteiger charge is 2.19. The van der Waals surface area contributed by atoms with Crippen molar-refractivity contribution in [2.45, 2.75) is 33.7 Å². The minimum absolute atomic E-state index is 0.272. The van der Waals surface area contributed by atoms with E-state index in [-0.39, 0.29) is 5.91 Å². The lowest BCUT2D eigenvalue weighted by Gasteiger charge is -2.17. The van der Waals surface area contributed by atoms with Crippen LogP contribution < -0.4 is 19.5 Å². The summed E-state index contributed by atoms with van der Waals surface area (Å²) in [4.78, 5) is 13.0. The Hall–Kier alpha value is -3.48. The maximum absolute atomic E-state index is 13.0. The van der Waals surface area contributed by atoms with Crippen molar-refractivity contribution in [2.75, 3.05) is 25.1 Å². The molecule has 164 valence electrons. The van der Waals surface area contributed by atoms with Gasteiger partial charge in [0, 0.05) is 18.2 Å². The van der Waals surface area contributed by atoms with Gasteiger partial charge in [0.2, 0.25) is 5.75 Å². The Kier molecular flexibility index (Phi) is 7.92. The Morgan fingerprint density at radius 3 is 2.19 bits per heavy atom. The van der Waals surface area contributed by atoms with Gasteiger partial charge in [-0.15, -0.1) is 0 Å². The fraction of sp³-hybridized carbons (Fsp3) is 0.333. The zero-order valence-electron chi connectivity index (χ0n) is 18.3. The predicted octanol–water partition coefficient (Wildman–Crippen LogP) is 4.57. The second kappa shape index (κ2) is 11.1. The van der Waals surface area contributed by atoms with Gasteiger partial charge in [0.1, 0.15) is 5.82 Å². The van der Waals surface area contributed by atoms with E-state index < -0.39 is 0 Å². The van der Waals surface area contributed by atoms with Gasteiger partial charge in [0.05, 0.1) is 26.0 Å². The Labute approximate surface area is 182 Å². The van der Waals surface area contributed by atoms with E-state index in [2.05, 4.69) is 22.5 Å². The van der Waals surface area contributed by atoms with Crippen LogP contribution in [0.3, 0.4) is 0 Å². The van der Waals surface area contributed by atoms with E-state index in [0.717, 1.165) is 6.42 Å². The summed E-state index contributed by atoms with van der Waals surface area (Å²) in [5.74, 6) is 1.84. The standard InChI is InChI=1S/C24H29N3O4/c1-4-29-20-16-19(17-21(30-5-2)23(20)31-6-3)24(28)26-22-12-14-25-27(22)15-13-18-10-8-7-9-11-18/h7-12,14,16-17H,4-6,13,15H2,1-3H3,(H,26,28). The summed E-state index contributed by atoms with van der Waals surface area (Å²) < 4.78 is 18.9. The molecule has 1 aromatic heterocycles. The van der Waals surface area contributed by atoms with E-state index in [1.54, 1.807) is 29.1 Å². The molecule has 0 unspecified atom stereocenters. The van der Waals surface area contributed by atoms with Crippen LogP contribution in [0.1, 0.15) is 36.7 Å². The summed E-state index contributed by atoms with van der Waals surface area (Å²) in [5, 5.41) is 7.29. The van der Waals surface area contributed by atoms with Crippen LogP contribution in [0, 0.1) is 0 Å². The summed E-state index contributed by atoms with van der Waals surface area (Å²) in [5.41, 5.74) is 1.63. The molecule has 7 heteroatoms. The van der Waals surface area contributed by atoms with Gasteiger partial charge in [-0.1, -0.05) is 30.3 Å². The topological polar surface area (TPSA) is 74.6 Å². The lowest BCUT2D eigenvalue weighted by Crippen LogP contribution is -2.17. The Bertz CT molecular complexity index is 958. The van der Waals surface area contributed by atoms with Crippen LogP contribution in [0.15, 0.2) is 54.7 Å². The molecule has 2 aromatic carbocycles. The quantitative estimate of drug-likeness (QED) is 0.489. The van der Waals surface area contributed by atoms with E-state index in [1.165, 1.54) is 5.56 Å². The van der Waals surface area contributed by atoms with Crippen LogP contribution in [0.25, 0.3) is 0 Å². The second-order valence-corrected chi connectivity index (χ2v) is 6.73. The highest BCUT2D eigenvalue weighted by atomic mass is 16.5. The number of aromatic nitrogens is 2. The number of rotatable bonds is 11. The summed E-state index contributed by atoms with van der Waals surface area (Å²) in [7, 11) is 0. The number of nitrogens with zero attached hydrogens (tertiary/aromatic N) is 2. The largest absolute Gasteiger partial charge is 0.490 e. The molecule has 0 spiro atoms. The summed E-state index contributed by atoms with van der Waals surface area (Å²) >= 11 is 0. The van der Waals surface area contributed by atoms with E-state index in [4.69, 9.17) is 14.2 Å². The first-order chi connectivity index (χ1) is 15.2. The molecule has 0 aliphatic carbocycles. The molecule has 0 aliphatic heterocycles. The van der Waals surface area contributed by atoms with Gasteiger partial charge < -0.3 is 19.5 Å². The van der Waals surface area contributed by atoms with Gasteiger partial charge >= 0.3 is 0 Å². The van der Waals surface area contributed by atoms with Crippen LogP contribution in [-0.2, 0) is 13.0 Å². The molecule has 0 fully saturated rings. The normalized spacial score (nSPS) is 10.5. The minimum Gasteiger partial charge on any atom is -0.490 e. The average Bonchev–Trinajstić information content (AvgIpc) is 3.22. The maximum atomic E-state index is 13.0. The molecule has 7 nitrogen and oxygen atoms in total. The lowest BCUT2D eigenvalue weighted by atomic mass is 10.1. The Balaban J connectivity index is 1.79. The molecule has 1 N–H and O–H groups in total. The van der Waals surface area contributed by atoms with Gasteiger partial charge in [0.25, 0.3) is 5.91 Å². The first kappa shape index (κ1) is 22.2. The van der Waals surface area contributed by atoms with Crippen LogP contribution in [0.4, 0.5) is 5.82 Å². The van der Waals surface area contributed by atoms with Crippen LogP contribution in [-0.4, -0.2) is 35.5 Å². The van der Waals surface area contributed by atoms with E-state index >= 15 is 0 Å². The van der Waals surface area contributed by atoms with Crippen molar-refractivity contribution >= 4 is 11.7 Å². The number of carbonyl (C=O) groups excluding carboxylic acids is 1. The molecular formula is C24H29N3O4. The number of amides is 1. The van der Waals surface area contributed by atoms with Crippen molar-refractivity contribution < 1.29 is 19.0 Å². The summed E-state index contributed by atoms with van der Waals surface area (Å²) in [6.45, 7) is 7.67. The molecule has 3 aromatic rings. The molecule has 0 saturated carbocycles. The molecule has 1 heterocycles. The molecule has 0 radical (unpaired) electrons. The van der Waals surface area contributed by atoms with Crippen LogP contribution >= 0.6 is 0 Å². The lowest BCUT2D eigenvalue weighted by molar-refractivity contribution is 0.102. The number of anilines is 1. The fourth-order valence-corrected chi connectivity index (χ4v) is 3.20. The van der Waals surface area contributed by atoms with Crippen LogP contribution in [0.2, 0.25) is 0 Å².